The van der Waals surface area contributed by atoms with Crippen LogP contribution >= 0.6 is 0 Å². The largest absolute Gasteiger partial charge is 0.748 e. The van der Waals surface area contributed by atoms with Crippen molar-refractivity contribution in [3.05, 3.63) is 82.6 Å². The molecule has 2 aromatic carbocycles. The van der Waals surface area contributed by atoms with Crippen molar-refractivity contribution >= 4 is 59.7 Å². The molecule has 0 saturated carbocycles. The zero-order chi connectivity index (χ0) is 38.5. The van der Waals surface area contributed by atoms with E-state index in [2.05, 4.69) is 0 Å². The van der Waals surface area contributed by atoms with Crippen LogP contribution < -0.4 is 4.90 Å². The molecule has 0 aliphatic carbocycles. The second-order valence-corrected chi connectivity index (χ2v) is 16.7. The van der Waals surface area contributed by atoms with Crippen molar-refractivity contribution in [1.29, 1.82) is 0 Å². The Morgan fingerprint density at radius 2 is 1.62 bits per heavy atom. The van der Waals surface area contributed by atoms with Crippen molar-refractivity contribution in [1.82, 2.24) is 0 Å². The minimum absolute atomic E-state index is 0. The second kappa shape index (κ2) is 17.2. The van der Waals surface area contributed by atoms with Crippen molar-refractivity contribution in [3.63, 3.8) is 0 Å². The SMILES string of the molecule is C.CCCC(=O)c1cccc2c1C(C)(C)C(/C=C/C=C1/N(CCCS(=O)(=O)O)c3ccc(C(=O)O)cc3C1(C)C)=[N+]2CCCS(=O)(=O)[O-].O=S(=O)=O. The zero-order valence-electron chi connectivity index (χ0n) is 28.9. The second-order valence-electron chi connectivity index (χ2n) is 13.2. The molecule has 2 aliphatic heterocycles. The number of carbonyl (C=O) groups excluding carboxylic acids is 1. The van der Waals surface area contributed by atoms with E-state index in [1.165, 1.54) is 6.07 Å². The van der Waals surface area contributed by atoms with Crippen LogP contribution in [0.1, 0.15) is 99.6 Å². The van der Waals surface area contributed by atoms with Gasteiger partial charge in [-0.3, -0.25) is 9.35 Å². The highest BCUT2D eigenvalue weighted by atomic mass is 32.2. The third kappa shape index (κ3) is 10.5. The molecule has 0 amide bonds. The smallest absolute Gasteiger partial charge is 0.425 e. The zero-order valence-corrected chi connectivity index (χ0v) is 31.4. The standard InChI is InChI=1S/C34H42N2O9S2.CH4.O3S/c1-6-11-28(37)24-12-7-13-27-31(24)34(4,5)30(36(27)19-10-21-47(43,44)45)15-8-14-29-33(2,3)25-22-23(32(38)39)16-17-26(25)35(29)18-9-20-46(40,41)42;;1-4(2)3/h7-8,12-17,22H,6,9-11,18-21H2,1-5H3,(H2-,38,39,40,41,42,43,44,45);1H4;. The van der Waals surface area contributed by atoms with Gasteiger partial charge in [-0.05, 0) is 56.5 Å². The van der Waals surface area contributed by atoms with Crippen LogP contribution in [0.5, 0.6) is 0 Å². The van der Waals surface area contributed by atoms with Gasteiger partial charge < -0.3 is 14.6 Å². The molecule has 0 spiro atoms. The number of allylic oxidation sites excluding steroid dienone is 4. The average Bonchev–Trinajstić information content (AvgIpc) is 3.34. The Kier molecular flexibility index (Phi) is 14.6. The minimum atomic E-state index is -4.43. The predicted octanol–water partition coefficient (Wildman–Crippen LogP) is 4.83. The van der Waals surface area contributed by atoms with E-state index in [1.807, 2.05) is 74.5 Å². The van der Waals surface area contributed by atoms with E-state index >= 15 is 0 Å². The number of Topliss-reactive ketones (excluding diaryl/α,β-unsaturated/α-hetero) is 1. The maximum Gasteiger partial charge on any atom is 0.425 e. The van der Waals surface area contributed by atoms with Gasteiger partial charge in [-0.1, -0.05) is 46.4 Å². The molecule has 2 aliphatic rings. The summed E-state index contributed by atoms with van der Waals surface area (Å²) < 4.78 is 93.9. The number of aromatic carboxylic acids is 1. The lowest BCUT2D eigenvalue weighted by Crippen LogP contribution is -2.30. The highest BCUT2D eigenvalue weighted by molar-refractivity contribution is 7.85. The number of benzene rings is 2. The summed E-state index contributed by atoms with van der Waals surface area (Å²) in [6.45, 7) is 10.3. The molecule has 52 heavy (non-hydrogen) atoms. The lowest BCUT2D eigenvalue weighted by Gasteiger charge is -2.27. The summed E-state index contributed by atoms with van der Waals surface area (Å²) in [4.78, 5) is 26.9. The monoisotopic (exact) mass is 782 g/mol. The van der Waals surface area contributed by atoms with Gasteiger partial charge in [0, 0.05) is 59.6 Å². The van der Waals surface area contributed by atoms with Gasteiger partial charge in [0.25, 0.3) is 10.1 Å². The van der Waals surface area contributed by atoms with Crippen LogP contribution in [0.4, 0.5) is 11.4 Å². The number of carboxylic acid groups (broad SMARTS) is 1. The van der Waals surface area contributed by atoms with Gasteiger partial charge in [-0.15, -0.1) is 12.6 Å². The first-order valence-corrected chi connectivity index (χ1v) is 20.2. The summed E-state index contributed by atoms with van der Waals surface area (Å²) in [7, 11) is -11.7. The van der Waals surface area contributed by atoms with Gasteiger partial charge in [0.15, 0.2) is 11.5 Å². The highest BCUT2D eigenvalue weighted by Gasteiger charge is 2.47. The minimum Gasteiger partial charge on any atom is -0.748 e. The molecule has 17 heteroatoms. The van der Waals surface area contributed by atoms with Crippen molar-refractivity contribution in [2.45, 2.75) is 78.6 Å². The van der Waals surface area contributed by atoms with Crippen molar-refractivity contribution in [3.8, 4) is 0 Å². The number of nitrogens with zero attached hydrogens (tertiary/aromatic N) is 2. The number of fused-ring (bicyclic) bond motifs is 2. The van der Waals surface area contributed by atoms with Gasteiger partial charge in [0.1, 0.15) is 6.54 Å². The lowest BCUT2D eigenvalue weighted by molar-refractivity contribution is -0.437. The van der Waals surface area contributed by atoms with E-state index in [4.69, 9.17) is 12.6 Å². The molecule has 2 N–H and O–H groups in total. The topological polar surface area (TPSA) is 223 Å². The summed E-state index contributed by atoms with van der Waals surface area (Å²) in [5.41, 5.74) is 4.04. The van der Waals surface area contributed by atoms with E-state index in [0.717, 1.165) is 33.9 Å². The first-order valence-electron chi connectivity index (χ1n) is 16.0. The van der Waals surface area contributed by atoms with Crippen LogP contribution in [0.3, 0.4) is 0 Å². The molecule has 0 saturated heterocycles. The van der Waals surface area contributed by atoms with E-state index in [9.17, 15) is 40.6 Å². The van der Waals surface area contributed by atoms with Crippen LogP contribution in [0.25, 0.3) is 0 Å². The molecule has 0 aromatic heterocycles. The third-order valence-corrected chi connectivity index (χ3v) is 10.5. The molecule has 0 radical (unpaired) electrons. The Morgan fingerprint density at radius 1 is 0.981 bits per heavy atom. The Labute approximate surface area is 307 Å². The molecule has 0 fully saturated rings. The van der Waals surface area contributed by atoms with Crippen molar-refractivity contribution in [2.24, 2.45) is 0 Å². The molecule has 286 valence electrons. The first kappa shape index (κ1) is 44.1. The molecule has 0 bridgehead atoms. The number of ketones is 1. The fraction of sp³-hybridized carbons (Fsp3) is 0.457. The summed E-state index contributed by atoms with van der Waals surface area (Å²) in [6, 6.07) is 10.3. The first-order chi connectivity index (χ1) is 23.5. The molecule has 2 aromatic rings. The Morgan fingerprint density at radius 3 is 2.17 bits per heavy atom. The number of carbonyl (C=O) groups is 2. The number of hydrogen-bond donors (Lipinski definition) is 2. The van der Waals surface area contributed by atoms with E-state index in [0.29, 0.717) is 18.4 Å². The lowest BCUT2D eigenvalue weighted by atomic mass is 9.77. The van der Waals surface area contributed by atoms with Gasteiger partial charge in [-0.25, -0.2) is 13.2 Å². The van der Waals surface area contributed by atoms with Crippen LogP contribution in [-0.4, -0.2) is 90.3 Å². The van der Waals surface area contributed by atoms with Crippen LogP contribution in [0.15, 0.2) is 60.3 Å². The normalized spacial score (nSPS) is 16.6. The Balaban J connectivity index is 0.00000178. The molecule has 14 nitrogen and oxygen atoms in total. The maximum atomic E-state index is 13.2. The third-order valence-electron chi connectivity index (χ3n) is 8.87. The summed E-state index contributed by atoms with van der Waals surface area (Å²) in [6.07, 6.45) is 6.89. The molecule has 4 rings (SSSR count). The molecular weight excluding hydrogens is 737 g/mol. The van der Waals surface area contributed by atoms with E-state index < -0.39 is 59.1 Å². The van der Waals surface area contributed by atoms with Crippen molar-refractivity contribution < 1.29 is 57.8 Å². The van der Waals surface area contributed by atoms with Gasteiger partial charge >= 0.3 is 16.6 Å². The highest BCUT2D eigenvalue weighted by Crippen LogP contribution is 2.48. The van der Waals surface area contributed by atoms with E-state index in [-0.39, 0.29) is 44.7 Å². The van der Waals surface area contributed by atoms with Crippen molar-refractivity contribution in [2.75, 3.05) is 29.5 Å². The average molecular weight is 783 g/mol. The number of hydrogen-bond acceptors (Lipinski definition) is 11. The molecular formula is C35H46N2O12S3. The molecule has 0 unspecified atom stereocenters. The summed E-state index contributed by atoms with van der Waals surface area (Å²) in [5, 5.41) is 9.64. The quantitative estimate of drug-likeness (QED) is 0.149. The summed E-state index contributed by atoms with van der Waals surface area (Å²) >= 11 is 0. The Bertz CT molecular complexity index is 2130. The fourth-order valence-electron chi connectivity index (χ4n) is 6.73. The van der Waals surface area contributed by atoms with Crippen LogP contribution in [-0.2, 0) is 41.7 Å². The van der Waals surface area contributed by atoms with Crippen LogP contribution in [0.2, 0.25) is 0 Å². The van der Waals surface area contributed by atoms with Gasteiger partial charge in [0.2, 0.25) is 5.69 Å². The number of rotatable bonds is 14. The van der Waals surface area contributed by atoms with Crippen LogP contribution in [0, 0.1) is 0 Å². The molecule has 2 heterocycles. The predicted molar refractivity (Wildman–Crippen MR) is 196 cm³/mol. The van der Waals surface area contributed by atoms with Gasteiger partial charge in [-0.2, -0.15) is 13.0 Å². The molecule has 0 atom stereocenters. The fourth-order valence-corrected chi connectivity index (χ4v) is 7.71. The van der Waals surface area contributed by atoms with E-state index in [1.54, 1.807) is 18.2 Å². The Hall–Kier alpha value is -4.03. The number of anilines is 1. The van der Waals surface area contributed by atoms with Gasteiger partial charge in [0.05, 0.1) is 32.4 Å². The summed E-state index contributed by atoms with van der Waals surface area (Å²) in [5.74, 6) is -2.02. The maximum absolute atomic E-state index is 13.2. The number of carboxylic acids is 1.